The molecular weight excluding hydrogens is 458 g/mol. The molecule has 2 aromatic rings. The van der Waals surface area contributed by atoms with E-state index in [4.69, 9.17) is 18.9 Å². The Kier molecular flexibility index (Phi) is 6.48. The predicted molar refractivity (Wildman–Crippen MR) is 134 cm³/mol. The van der Waals surface area contributed by atoms with Crippen molar-refractivity contribution in [2.75, 3.05) is 20.5 Å². The first-order valence-electron chi connectivity index (χ1n) is 12.3. The predicted octanol–water partition coefficient (Wildman–Crippen LogP) is 4.98. The van der Waals surface area contributed by atoms with E-state index in [0.717, 1.165) is 22.6 Å². The lowest BCUT2D eigenvalue weighted by Gasteiger charge is -2.36. The highest BCUT2D eigenvalue weighted by atomic mass is 16.7. The molecule has 0 saturated carbocycles. The van der Waals surface area contributed by atoms with Crippen molar-refractivity contribution < 1.29 is 28.5 Å². The number of hydrogen-bond donors (Lipinski definition) is 1. The van der Waals surface area contributed by atoms with E-state index in [1.54, 1.807) is 7.11 Å². The van der Waals surface area contributed by atoms with Crippen molar-refractivity contribution >= 4 is 11.8 Å². The van der Waals surface area contributed by atoms with Crippen molar-refractivity contribution in [3.05, 3.63) is 76.1 Å². The molecule has 2 heterocycles. The van der Waals surface area contributed by atoms with E-state index in [0.29, 0.717) is 47.8 Å². The van der Waals surface area contributed by atoms with Crippen molar-refractivity contribution in [1.29, 1.82) is 0 Å². The van der Waals surface area contributed by atoms with Crippen molar-refractivity contribution in [2.24, 2.45) is 5.92 Å². The molecule has 5 rings (SSSR count). The van der Waals surface area contributed by atoms with E-state index >= 15 is 0 Å². The number of Topliss-reactive ketones (excluding diaryl/α,β-unsaturated/α-hetero) is 1. The van der Waals surface area contributed by atoms with Gasteiger partial charge in [-0.2, -0.15) is 0 Å². The van der Waals surface area contributed by atoms with Gasteiger partial charge in [-0.05, 0) is 60.6 Å². The molecule has 36 heavy (non-hydrogen) atoms. The smallest absolute Gasteiger partial charge is 0.336 e. The molecule has 1 N–H and O–H groups in total. The van der Waals surface area contributed by atoms with E-state index in [9.17, 15) is 9.59 Å². The molecule has 0 unspecified atom stereocenters. The number of esters is 1. The van der Waals surface area contributed by atoms with Crippen LogP contribution < -0.4 is 19.5 Å². The zero-order chi connectivity index (χ0) is 25.4. The molecule has 0 fully saturated rings. The first-order valence-corrected chi connectivity index (χ1v) is 12.3. The van der Waals surface area contributed by atoms with Crippen LogP contribution in [0.15, 0.2) is 65.0 Å². The SMILES string of the molecule is COc1ccc([C@H]2CC(=O)C3=C(C2)NC(C)=C(C(=O)OCC(C)C)[C@@H]3c2ccc3c(c2)OCO3)cc1. The maximum Gasteiger partial charge on any atom is 0.336 e. The van der Waals surface area contributed by atoms with Gasteiger partial charge in [0.15, 0.2) is 17.3 Å². The molecule has 0 bridgehead atoms. The number of methoxy groups -OCH3 is 1. The van der Waals surface area contributed by atoms with Gasteiger partial charge in [0, 0.05) is 29.3 Å². The second-order valence-corrected chi connectivity index (χ2v) is 9.90. The summed E-state index contributed by atoms with van der Waals surface area (Å²) >= 11 is 0. The third-order valence-corrected chi connectivity index (χ3v) is 6.91. The Balaban J connectivity index is 1.54. The minimum atomic E-state index is -0.542. The normalized spacial score (nSPS) is 20.9. The fourth-order valence-corrected chi connectivity index (χ4v) is 5.17. The van der Waals surface area contributed by atoms with Crippen LogP contribution in [0.1, 0.15) is 56.6 Å². The van der Waals surface area contributed by atoms with Gasteiger partial charge in [0.05, 0.1) is 19.3 Å². The van der Waals surface area contributed by atoms with Gasteiger partial charge in [0.25, 0.3) is 0 Å². The van der Waals surface area contributed by atoms with E-state index < -0.39 is 11.9 Å². The van der Waals surface area contributed by atoms with Crippen LogP contribution in [0.25, 0.3) is 0 Å². The maximum atomic E-state index is 13.7. The van der Waals surface area contributed by atoms with Gasteiger partial charge >= 0.3 is 5.97 Å². The van der Waals surface area contributed by atoms with Crippen molar-refractivity contribution in [3.8, 4) is 17.2 Å². The molecule has 7 nitrogen and oxygen atoms in total. The Morgan fingerprint density at radius 1 is 1.06 bits per heavy atom. The highest BCUT2D eigenvalue weighted by Gasteiger charge is 2.42. The van der Waals surface area contributed by atoms with Gasteiger partial charge in [-0.25, -0.2) is 4.79 Å². The molecule has 2 aromatic carbocycles. The van der Waals surface area contributed by atoms with Gasteiger partial charge in [-0.15, -0.1) is 0 Å². The zero-order valence-corrected chi connectivity index (χ0v) is 21.1. The van der Waals surface area contributed by atoms with E-state index in [1.807, 2.05) is 63.2 Å². The number of benzene rings is 2. The van der Waals surface area contributed by atoms with Gasteiger partial charge < -0.3 is 24.3 Å². The largest absolute Gasteiger partial charge is 0.497 e. The fraction of sp³-hybridized carbons (Fsp3) is 0.379. The Labute approximate surface area is 211 Å². The summed E-state index contributed by atoms with van der Waals surface area (Å²) in [4.78, 5) is 27.1. The molecule has 3 aliphatic rings. The van der Waals surface area contributed by atoms with Crippen LogP contribution in [0.4, 0.5) is 0 Å². The first-order chi connectivity index (χ1) is 17.4. The highest BCUT2D eigenvalue weighted by Crippen LogP contribution is 2.47. The molecule has 7 heteroatoms. The molecule has 0 amide bonds. The highest BCUT2D eigenvalue weighted by molar-refractivity contribution is 6.04. The number of ether oxygens (including phenoxy) is 4. The van der Waals surface area contributed by atoms with Crippen LogP contribution in [-0.4, -0.2) is 32.3 Å². The van der Waals surface area contributed by atoms with Gasteiger partial charge in [-0.3, -0.25) is 4.79 Å². The lowest BCUT2D eigenvalue weighted by molar-refractivity contribution is -0.140. The molecule has 1 aliphatic carbocycles. The Bertz CT molecular complexity index is 1260. The average Bonchev–Trinajstić information content (AvgIpc) is 3.34. The molecule has 2 atom stereocenters. The second kappa shape index (κ2) is 9.72. The van der Waals surface area contributed by atoms with Crippen molar-refractivity contribution in [3.63, 3.8) is 0 Å². The lowest BCUT2D eigenvalue weighted by atomic mass is 9.71. The van der Waals surface area contributed by atoms with Crippen LogP contribution in [0.2, 0.25) is 0 Å². The van der Waals surface area contributed by atoms with Crippen LogP contribution in [-0.2, 0) is 14.3 Å². The topological polar surface area (TPSA) is 83.1 Å². The second-order valence-electron chi connectivity index (χ2n) is 9.90. The Morgan fingerprint density at radius 2 is 1.78 bits per heavy atom. The molecule has 0 spiro atoms. The number of allylic oxidation sites excluding steroid dienone is 3. The van der Waals surface area contributed by atoms with Crippen LogP contribution in [0.5, 0.6) is 17.2 Å². The number of fused-ring (bicyclic) bond motifs is 1. The number of rotatable bonds is 6. The Morgan fingerprint density at radius 3 is 2.50 bits per heavy atom. The lowest BCUT2D eigenvalue weighted by Crippen LogP contribution is -2.36. The van der Waals surface area contributed by atoms with E-state index in [-0.39, 0.29) is 24.4 Å². The summed E-state index contributed by atoms with van der Waals surface area (Å²) in [5, 5.41) is 3.40. The number of nitrogens with one attached hydrogen (secondary N) is 1. The monoisotopic (exact) mass is 489 g/mol. The first kappa shape index (κ1) is 24.0. The maximum absolute atomic E-state index is 13.7. The van der Waals surface area contributed by atoms with Gasteiger partial charge in [-0.1, -0.05) is 32.0 Å². The molecule has 0 saturated heterocycles. The van der Waals surface area contributed by atoms with Crippen LogP contribution in [0.3, 0.4) is 0 Å². The summed E-state index contributed by atoms with van der Waals surface area (Å²) in [5.74, 6) is 1.35. The van der Waals surface area contributed by atoms with Crippen LogP contribution in [0, 0.1) is 5.92 Å². The summed E-state index contributed by atoms with van der Waals surface area (Å²) < 4.78 is 22.0. The van der Waals surface area contributed by atoms with Crippen LogP contribution >= 0.6 is 0 Å². The van der Waals surface area contributed by atoms with Crippen molar-refractivity contribution in [1.82, 2.24) is 5.32 Å². The summed E-state index contributed by atoms with van der Waals surface area (Å²) in [7, 11) is 1.64. The quantitative estimate of drug-likeness (QED) is 0.573. The minimum Gasteiger partial charge on any atom is -0.497 e. The van der Waals surface area contributed by atoms with E-state index in [1.165, 1.54) is 0 Å². The average molecular weight is 490 g/mol. The molecule has 188 valence electrons. The van der Waals surface area contributed by atoms with E-state index in [2.05, 4.69) is 5.32 Å². The molecular formula is C29H31NO6. The number of dihydropyridines is 1. The third-order valence-electron chi connectivity index (χ3n) is 6.91. The number of carbonyl (C=O) groups is 2. The Hall–Kier alpha value is -3.74. The minimum absolute atomic E-state index is 0.0221. The fourth-order valence-electron chi connectivity index (χ4n) is 5.17. The summed E-state index contributed by atoms with van der Waals surface area (Å²) in [6.45, 7) is 6.32. The molecule has 0 radical (unpaired) electrons. The van der Waals surface area contributed by atoms with Gasteiger partial charge in [0.1, 0.15) is 5.75 Å². The number of ketones is 1. The number of carbonyl (C=O) groups excluding carboxylic acids is 2. The summed E-state index contributed by atoms with van der Waals surface area (Å²) in [6.07, 6.45) is 1.03. The summed E-state index contributed by atoms with van der Waals surface area (Å²) in [5.41, 5.74) is 4.53. The standard InChI is InChI=1S/C29H31NO6/c1-16(2)14-34-29(32)26-17(3)30-22-11-20(18-5-8-21(33-4)9-6-18)12-23(31)28(22)27(26)19-7-10-24-25(13-19)36-15-35-24/h5-10,13,16,20,27,30H,11-12,14-15H2,1-4H3/t20-,27+/m1/s1. The van der Waals surface area contributed by atoms with Gasteiger partial charge in [0.2, 0.25) is 6.79 Å². The number of hydrogen-bond acceptors (Lipinski definition) is 7. The third kappa shape index (κ3) is 4.45. The molecule has 2 aliphatic heterocycles. The summed E-state index contributed by atoms with van der Waals surface area (Å²) in [6, 6.07) is 13.5. The zero-order valence-electron chi connectivity index (χ0n) is 21.1. The molecule has 0 aromatic heterocycles. The van der Waals surface area contributed by atoms with Crippen molar-refractivity contribution in [2.45, 2.75) is 45.4 Å².